The van der Waals surface area contributed by atoms with Gasteiger partial charge < -0.3 is 10.2 Å². The van der Waals surface area contributed by atoms with Crippen molar-refractivity contribution in [1.29, 1.82) is 0 Å². The Bertz CT molecular complexity index is 1050. The number of fused-ring (bicyclic) bond motifs is 1. The van der Waals surface area contributed by atoms with E-state index in [1.54, 1.807) is 31.2 Å². The van der Waals surface area contributed by atoms with Gasteiger partial charge in [-0.1, -0.05) is 37.3 Å². The van der Waals surface area contributed by atoms with Crippen molar-refractivity contribution < 1.29 is 19.2 Å². The number of para-hydroxylation sites is 1. The first kappa shape index (κ1) is 23.2. The molecule has 168 valence electrons. The number of nitrogens with one attached hydrogen (secondary N) is 1. The van der Waals surface area contributed by atoms with Crippen molar-refractivity contribution in [3.63, 3.8) is 0 Å². The summed E-state index contributed by atoms with van der Waals surface area (Å²) in [5.41, 5.74) is 1.94. The van der Waals surface area contributed by atoms with Crippen LogP contribution in [0, 0.1) is 13.8 Å². The van der Waals surface area contributed by atoms with Crippen molar-refractivity contribution >= 4 is 29.3 Å². The molecule has 2 aromatic rings. The van der Waals surface area contributed by atoms with E-state index in [4.69, 9.17) is 0 Å². The summed E-state index contributed by atoms with van der Waals surface area (Å²) in [6.45, 7) is 8.83. The van der Waals surface area contributed by atoms with Gasteiger partial charge in [-0.25, -0.2) is 0 Å². The Balaban J connectivity index is 1.85. The molecule has 2 atom stereocenters. The van der Waals surface area contributed by atoms with Crippen LogP contribution in [-0.2, 0) is 9.59 Å². The first-order valence-electron chi connectivity index (χ1n) is 10.7. The Morgan fingerprint density at radius 1 is 1.00 bits per heavy atom. The molecule has 7 heteroatoms. The second kappa shape index (κ2) is 8.57. The fraction of sp³-hybridized carbons (Fsp3) is 0.360. The zero-order chi connectivity index (χ0) is 23.8. The highest BCUT2D eigenvalue weighted by molar-refractivity contribution is 6.22. The zero-order valence-electron chi connectivity index (χ0n) is 19.4. The highest BCUT2D eigenvalue weighted by Crippen LogP contribution is 2.28. The van der Waals surface area contributed by atoms with Crippen molar-refractivity contribution in [3.8, 4) is 0 Å². The number of likely N-dealkylation sites (N-methyl/N-ethyl adjacent to an activating group) is 1. The fourth-order valence-corrected chi connectivity index (χ4v) is 4.00. The van der Waals surface area contributed by atoms with Crippen LogP contribution in [0.2, 0.25) is 0 Å². The minimum absolute atomic E-state index is 0.283. The van der Waals surface area contributed by atoms with Gasteiger partial charge in [0.25, 0.3) is 11.8 Å². The van der Waals surface area contributed by atoms with Crippen LogP contribution in [0.25, 0.3) is 0 Å². The van der Waals surface area contributed by atoms with Crippen molar-refractivity contribution in [2.75, 3.05) is 12.4 Å². The van der Waals surface area contributed by atoms with Crippen LogP contribution in [0.1, 0.15) is 59.0 Å². The van der Waals surface area contributed by atoms with E-state index in [-0.39, 0.29) is 17.0 Å². The number of anilines is 1. The standard InChI is InChI=1S/C25H29N3O4/c1-7-25(5,24(32)26-20-15(2)11-10-12-16(20)3)27(6)21(29)17(4)28-22(30)18-13-8-9-14-19(18)23(28)31/h8-14,17H,7H2,1-6H3,(H,26,32)/t17-,25+/m1/s1. The van der Waals surface area contributed by atoms with Gasteiger partial charge in [0.2, 0.25) is 11.8 Å². The molecule has 4 amide bonds. The minimum Gasteiger partial charge on any atom is -0.330 e. The quantitative estimate of drug-likeness (QED) is 0.703. The second-order valence-corrected chi connectivity index (χ2v) is 8.45. The Morgan fingerprint density at radius 3 is 1.97 bits per heavy atom. The van der Waals surface area contributed by atoms with Crippen LogP contribution in [0.3, 0.4) is 0 Å². The predicted molar refractivity (Wildman–Crippen MR) is 122 cm³/mol. The Morgan fingerprint density at radius 2 is 1.50 bits per heavy atom. The second-order valence-electron chi connectivity index (χ2n) is 8.45. The third kappa shape index (κ3) is 3.68. The van der Waals surface area contributed by atoms with Crippen LogP contribution in [-0.4, -0.2) is 52.1 Å². The molecule has 32 heavy (non-hydrogen) atoms. The van der Waals surface area contributed by atoms with Crippen LogP contribution in [0.5, 0.6) is 0 Å². The number of carbonyl (C=O) groups excluding carboxylic acids is 4. The maximum atomic E-state index is 13.4. The highest BCUT2D eigenvalue weighted by atomic mass is 16.2. The Hall–Kier alpha value is -3.48. The molecule has 2 aromatic carbocycles. The zero-order valence-corrected chi connectivity index (χ0v) is 19.4. The van der Waals surface area contributed by atoms with E-state index in [2.05, 4.69) is 5.32 Å². The maximum absolute atomic E-state index is 13.4. The SMILES string of the molecule is CC[C@@](C)(C(=O)Nc1c(C)cccc1C)N(C)C(=O)[C@@H](C)N1C(=O)c2ccccc2C1=O. The number of benzene rings is 2. The summed E-state index contributed by atoms with van der Waals surface area (Å²) < 4.78 is 0. The summed E-state index contributed by atoms with van der Waals surface area (Å²) in [6.07, 6.45) is 0.348. The molecule has 0 spiro atoms. The first-order valence-corrected chi connectivity index (χ1v) is 10.7. The molecule has 0 saturated heterocycles. The Kier molecular flexibility index (Phi) is 6.21. The molecule has 0 radical (unpaired) electrons. The number of rotatable bonds is 6. The number of nitrogens with zero attached hydrogens (tertiary/aromatic N) is 2. The lowest BCUT2D eigenvalue weighted by Gasteiger charge is -2.39. The van der Waals surface area contributed by atoms with E-state index < -0.39 is 29.3 Å². The summed E-state index contributed by atoms with van der Waals surface area (Å²) >= 11 is 0. The molecule has 0 bridgehead atoms. The molecular weight excluding hydrogens is 406 g/mol. The van der Waals surface area contributed by atoms with Gasteiger partial charge in [-0.15, -0.1) is 0 Å². The summed E-state index contributed by atoms with van der Waals surface area (Å²) in [4.78, 5) is 54.6. The van der Waals surface area contributed by atoms with E-state index in [9.17, 15) is 19.2 Å². The summed E-state index contributed by atoms with van der Waals surface area (Å²) in [5, 5.41) is 2.97. The van der Waals surface area contributed by atoms with Gasteiger partial charge in [0.15, 0.2) is 0 Å². The molecule has 0 saturated carbocycles. The molecule has 3 rings (SSSR count). The van der Waals surface area contributed by atoms with Gasteiger partial charge in [-0.05, 0) is 57.4 Å². The van der Waals surface area contributed by atoms with Gasteiger partial charge in [0, 0.05) is 12.7 Å². The van der Waals surface area contributed by atoms with E-state index >= 15 is 0 Å². The van der Waals surface area contributed by atoms with Gasteiger partial charge in [-0.2, -0.15) is 0 Å². The average molecular weight is 436 g/mol. The monoisotopic (exact) mass is 435 g/mol. The van der Waals surface area contributed by atoms with Crippen LogP contribution >= 0.6 is 0 Å². The van der Waals surface area contributed by atoms with E-state index in [0.29, 0.717) is 12.1 Å². The third-order valence-electron chi connectivity index (χ3n) is 6.54. The molecule has 1 heterocycles. The Labute approximate surface area is 188 Å². The molecule has 1 aliphatic rings. The summed E-state index contributed by atoms with van der Waals surface area (Å²) in [5.74, 6) is -1.82. The van der Waals surface area contributed by atoms with Crippen LogP contribution in [0.4, 0.5) is 5.69 Å². The molecule has 0 fully saturated rings. The van der Waals surface area contributed by atoms with Gasteiger partial charge in [0.05, 0.1) is 11.1 Å². The lowest BCUT2D eigenvalue weighted by molar-refractivity contribution is -0.145. The van der Waals surface area contributed by atoms with Gasteiger partial charge in [0.1, 0.15) is 11.6 Å². The van der Waals surface area contributed by atoms with Crippen molar-refractivity contribution in [3.05, 3.63) is 64.7 Å². The first-order chi connectivity index (χ1) is 15.0. The number of imide groups is 1. The summed E-state index contributed by atoms with van der Waals surface area (Å²) in [6, 6.07) is 11.2. The number of carbonyl (C=O) groups is 4. The molecule has 7 nitrogen and oxygen atoms in total. The van der Waals surface area contributed by atoms with Crippen molar-refractivity contribution in [2.24, 2.45) is 0 Å². The third-order valence-corrected chi connectivity index (χ3v) is 6.54. The van der Waals surface area contributed by atoms with Crippen molar-refractivity contribution in [1.82, 2.24) is 9.80 Å². The van der Waals surface area contributed by atoms with E-state index in [1.807, 2.05) is 39.0 Å². The molecule has 0 aliphatic carbocycles. The highest BCUT2D eigenvalue weighted by Gasteiger charge is 2.45. The van der Waals surface area contributed by atoms with Gasteiger partial charge in [-0.3, -0.25) is 24.1 Å². The smallest absolute Gasteiger partial charge is 0.262 e. The van der Waals surface area contributed by atoms with Crippen LogP contribution < -0.4 is 5.32 Å². The number of amides is 4. The molecule has 1 N–H and O–H groups in total. The predicted octanol–water partition coefficient (Wildman–Crippen LogP) is 3.55. The largest absolute Gasteiger partial charge is 0.330 e. The summed E-state index contributed by atoms with van der Waals surface area (Å²) in [7, 11) is 1.53. The van der Waals surface area contributed by atoms with E-state index in [0.717, 1.165) is 16.0 Å². The number of hydrogen-bond donors (Lipinski definition) is 1. The van der Waals surface area contributed by atoms with Crippen molar-refractivity contribution in [2.45, 2.75) is 52.6 Å². The lowest BCUT2D eigenvalue weighted by atomic mass is 9.94. The normalized spacial score (nSPS) is 15.8. The van der Waals surface area contributed by atoms with E-state index in [1.165, 1.54) is 18.9 Å². The molecule has 0 aromatic heterocycles. The number of aryl methyl sites for hydroxylation is 2. The fourth-order valence-electron chi connectivity index (χ4n) is 4.00. The minimum atomic E-state index is -1.18. The lowest BCUT2D eigenvalue weighted by Crippen LogP contribution is -2.59. The average Bonchev–Trinajstić information content (AvgIpc) is 3.04. The molecule has 1 aliphatic heterocycles. The molecular formula is C25H29N3O4. The van der Waals surface area contributed by atoms with Crippen LogP contribution in [0.15, 0.2) is 42.5 Å². The number of hydrogen-bond acceptors (Lipinski definition) is 4. The van der Waals surface area contributed by atoms with Gasteiger partial charge >= 0.3 is 0 Å². The maximum Gasteiger partial charge on any atom is 0.262 e. The topological polar surface area (TPSA) is 86.8 Å². The molecule has 0 unspecified atom stereocenters.